The van der Waals surface area contributed by atoms with E-state index in [4.69, 9.17) is 9.47 Å². The first-order valence-corrected chi connectivity index (χ1v) is 8.24. The monoisotopic (exact) mass is 422 g/mol. The smallest absolute Gasteiger partial charge is 0.244 e. The van der Waals surface area contributed by atoms with E-state index >= 15 is 0 Å². The topological polar surface area (TPSA) is 59.9 Å². The third-order valence-electron chi connectivity index (χ3n) is 3.22. The van der Waals surface area contributed by atoms with E-state index in [-0.39, 0.29) is 12.3 Å². The molecule has 0 aliphatic carbocycles. The summed E-state index contributed by atoms with van der Waals surface area (Å²) in [7, 11) is 0. The molecule has 1 amide bonds. The van der Waals surface area contributed by atoms with Gasteiger partial charge in [0.05, 0.1) is 12.6 Å². The normalized spacial score (nSPS) is 13.1. The van der Waals surface area contributed by atoms with Gasteiger partial charge in [-0.2, -0.15) is 5.10 Å². The quantitative estimate of drug-likeness (QED) is 0.469. The molecule has 0 atom stereocenters. The van der Waals surface area contributed by atoms with Crippen LogP contribution in [0.3, 0.4) is 0 Å². The number of ether oxygens (including phenoxy) is 2. The minimum atomic E-state index is -0.177. The van der Waals surface area contributed by atoms with Crippen molar-refractivity contribution >= 4 is 34.7 Å². The van der Waals surface area contributed by atoms with Crippen LogP contribution in [0.5, 0.6) is 11.5 Å². The maximum Gasteiger partial charge on any atom is 0.244 e. The van der Waals surface area contributed by atoms with Crippen LogP contribution < -0.4 is 14.9 Å². The van der Waals surface area contributed by atoms with Crippen molar-refractivity contribution in [2.24, 2.45) is 5.10 Å². The van der Waals surface area contributed by atoms with E-state index in [1.807, 2.05) is 42.5 Å². The number of benzene rings is 2. The Balaban J connectivity index is 1.57. The highest BCUT2D eigenvalue weighted by Crippen LogP contribution is 2.30. The van der Waals surface area contributed by atoms with Crippen LogP contribution in [0.25, 0.3) is 0 Å². The van der Waals surface area contributed by atoms with Crippen LogP contribution in [0.1, 0.15) is 11.1 Å². The van der Waals surface area contributed by atoms with Gasteiger partial charge in [-0.05, 0) is 58.0 Å². The van der Waals surface area contributed by atoms with E-state index < -0.39 is 0 Å². The Morgan fingerprint density at radius 1 is 1.17 bits per heavy atom. The van der Waals surface area contributed by atoms with E-state index in [9.17, 15) is 4.79 Å². The molecule has 0 radical (unpaired) electrons. The standard InChI is InChI=1S/C17H15IN2O3/c18-14-3-1-2-13(8-14)11-19-20-17(21)10-12-4-5-15-16(9-12)23-7-6-22-15/h1-5,8-9,11H,6-7,10H2,(H,20,21)/b19-11+. The number of fused-ring (bicyclic) bond motifs is 1. The van der Waals surface area contributed by atoms with Crippen LogP contribution in [-0.4, -0.2) is 25.3 Å². The zero-order chi connectivity index (χ0) is 16.1. The molecule has 0 bridgehead atoms. The Bertz CT molecular complexity index is 746. The van der Waals surface area contributed by atoms with E-state index in [1.165, 1.54) is 0 Å². The van der Waals surface area contributed by atoms with Gasteiger partial charge in [0.25, 0.3) is 0 Å². The summed E-state index contributed by atoms with van der Waals surface area (Å²) >= 11 is 2.23. The number of halogens is 1. The van der Waals surface area contributed by atoms with Crippen molar-refractivity contribution < 1.29 is 14.3 Å². The van der Waals surface area contributed by atoms with Crippen molar-refractivity contribution in [1.29, 1.82) is 0 Å². The van der Waals surface area contributed by atoms with Gasteiger partial charge in [0, 0.05) is 3.57 Å². The first kappa shape index (κ1) is 15.8. The minimum Gasteiger partial charge on any atom is -0.486 e. The van der Waals surface area contributed by atoms with Crippen LogP contribution in [0.2, 0.25) is 0 Å². The Labute approximate surface area is 147 Å². The molecule has 3 rings (SSSR count). The molecule has 1 aliphatic rings. The average Bonchev–Trinajstić information content (AvgIpc) is 2.55. The molecule has 1 heterocycles. The van der Waals surface area contributed by atoms with Crippen molar-refractivity contribution in [2.75, 3.05) is 13.2 Å². The highest BCUT2D eigenvalue weighted by Gasteiger charge is 2.12. The summed E-state index contributed by atoms with van der Waals surface area (Å²) in [4.78, 5) is 11.9. The maximum atomic E-state index is 11.9. The molecule has 118 valence electrons. The summed E-state index contributed by atoms with van der Waals surface area (Å²) in [6, 6.07) is 13.4. The lowest BCUT2D eigenvalue weighted by Crippen LogP contribution is -2.20. The molecule has 2 aromatic carbocycles. The van der Waals surface area contributed by atoms with E-state index in [0.29, 0.717) is 19.0 Å². The molecule has 2 aromatic rings. The molecule has 0 fully saturated rings. The van der Waals surface area contributed by atoms with Gasteiger partial charge in [-0.1, -0.05) is 18.2 Å². The second-order valence-electron chi connectivity index (χ2n) is 5.00. The molecule has 6 heteroatoms. The van der Waals surface area contributed by atoms with Crippen LogP contribution in [-0.2, 0) is 11.2 Å². The highest BCUT2D eigenvalue weighted by atomic mass is 127. The fourth-order valence-electron chi connectivity index (χ4n) is 2.19. The number of amides is 1. The highest BCUT2D eigenvalue weighted by molar-refractivity contribution is 14.1. The molecule has 5 nitrogen and oxygen atoms in total. The number of nitrogens with zero attached hydrogens (tertiary/aromatic N) is 1. The molecule has 23 heavy (non-hydrogen) atoms. The van der Waals surface area contributed by atoms with E-state index in [1.54, 1.807) is 6.21 Å². The maximum absolute atomic E-state index is 11.9. The summed E-state index contributed by atoms with van der Waals surface area (Å²) in [6.07, 6.45) is 1.87. The van der Waals surface area contributed by atoms with Crippen molar-refractivity contribution in [2.45, 2.75) is 6.42 Å². The van der Waals surface area contributed by atoms with Gasteiger partial charge in [0.1, 0.15) is 13.2 Å². The molecule has 0 unspecified atom stereocenters. The molecule has 0 aromatic heterocycles. The molecule has 0 saturated heterocycles. The lowest BCUT2D eigenvalue weighted by molar-refractivity contribution is -0.120. The number of carbonyl (C=O) groups is 1. The fraction of sp³-hybridized carbons (Fsp3) is 0.176. The second-order valence-corrected chi connectivity index (χ2v) is 6.25. The molecule has 1 aliphatic heterocycles. The van der Waals surface area contributed by atoms with E-state index in [2.05, 4.69) is 33.1 Å². The van der Waals surface area contributed by atoms with Gasteiger partial charge in [-0.15, -0.1) is 0 Å². The van der Waals surface area contributed by atoms with Gasteiger partial charge in [-0.25, -0.2) is 5.43 Å². The van der Waals surface area contributed by atoms with Crippen LogP contribution in [0.15, 0.2) is 47.6 Å². The van der Waals surface area contributed by atoms with Crippen molar-refractivity contribution in [3.05, 3.63) is 57.2 Å². The number of hydrazone groups is 1. The minimum absolute atomic E-state index is 0.177. The third-order valence-corrected chi connectivity index (χ3v) is 3.89. The molecular weight excluding hydrogens is 407 g/mol. The first-order valence-electron chi connectivity index (χ1n) is 7.17. The zero-order valence-corrected chi connectivity index (χ0v) is 14.4. The largest absolute Gasteiger partial charge is 0.486 e. The Hall–Kier alpha value is -2.09. The fourth-order valence-corrected chi connectivity index (χ4v) is 2.76. The van der Waals surface area contributed by atoms with Gasteiger partial charge in [-0.3, -0.25) is 4.79 Å². The molecule has 0 spiro atoms. The summed E-state index contributed by atoms with van der Waals surface area (Å²) in [5.41, 5.74) is 4.33. The summed E-state index contributed by atoms with van der Waals surface area (Å²) in [6.45, 7) is 1.09. The SMILES string of the molecule is O=C(Cc1ccc2c(c1)OCCO2)N/N=C/c1cccc(I)c1. The van der Waals surface area contributed by atoms with E-state index in [0.717, 1.165) is 20.4 Å². The summed E-state index contributed by atoms with van der Waals surface area (Å²) in [5, 5.41) is 3.98. The number of hydrogen-bond acceptors (Lipinski definition) is 4. The number of carbonyl (C=O) groups excluding carboxylic acids is 1. The summed E-state index contributed by atoms with van der Waals surface area (Å²) < 4.78 is 12.1. The second kappa shape index (κ2) is 7.45. The lowest BCUT2D eigenvalue weighted by Gasteiger charge is -2.18. The predicted molar refractivity (Wildman–Crippen MR) is 96.0 cm³/mol. The van der Waals surface area contributed by atoms with Crippen LogP contribution >= 0.6 is 22.6 Å². The van der Waals surface area contributed by atoms with Gasteiger partial charge in [0.2, 0.25) is 5.91 Å². The number of hydrogen-bond donors (Lipinski definition) is 1. The predicted octanol–water partition coefficient (Wildman–Crippen LogP) is 2.76. The summed E-state index contributed by atoms with van der Waals surface area (Å²) in [5.74, 6) is 1.23. The van der Waals surface area contributed by atoms with Gasteiger partial charge in [0.15, 0.2) is 11.5 Å². The van der Waals surface area contributed by atoms with Crippen molar-refractivity contribution in [3.8, 4) is 11.5 Å². The van der Waals surface area contributed by atoms with Crippen LogP contribution in [0, 0.1) is 3.57 Å². The van der Waals surface area contributed by atoms with Crippen LogP contribution in [0.4, 0.5) is 0 Å². The van der Waals surface area contributed by atoms with Gasteiger partial charge < -0.3 is 9.47 Å². The lowest BCUT2D eigenvalue weighted by atomic mass is 10.1. The number of nitrogens with one attached hydrogen (secondary N) is 1. The Morgan fingerprint density at radius 3 is 2.83 bits per heavy atom. The van der Waals surface area contributed by atoms with Crippen molar-refractivity contribution in [1.82, 2.24) is 5.43 Å². The molecular formula is C17H15IN2O3. The number of rotatable bonds is 4. The van der Waals surface area contributed by atoms with Gasteiger partial charge >= 0.3 is 0 Å². The zero-order valence-electron chi connectivity index (χ0n) is 12.3. The Kier molecular flexibility index (Phi) is 5.12. The Morgan fingerprint density at radius 2 is 2.00 bits per heavy atom. The third kappa shape index (κ3) is 4.44. The first-order chi connectivity index (χ1) is 11.2. The molecule has 1 N–H and O–H groups in total. The average molecular weight is 422 g/mol. The molecule has 0 saturated carbocycles. The van der Waals surface area contributed by atoms with Crippen molar-refractivity contribution in [3.63, 3.8) is 0 Å².